The Morgan fingerprint density at radius 3 is 2.45 bits per heavy atom. The summed E-state index contributed by atoms with van der Waals surface area (Å²) < 4.78 is 40.1. The molecule has 0 spiro atoms. The second kappa shape index (κ2) is 5.91. The quantitative estimate of drug-likeness (QED) is 0.630. The highest BCUT2D eigenvalue weighted by atomic mass is 79.9. The molecule has 0 bridgehead atoms. The van der Waals surface area contributed by atoms with Crippen LogP contribution >= 0.6 is 43.5 Å². The molecule has 2 rings (SSSR count). The van der Waals surface area contributed by atoms with Crippen LogP contribution in [0, 0.1) is 0 Å². The van der Waals surface area contributed by atoms with E-state index in [1.165, 1.54) is 18.3 Å². The number of nitrogens with zero attached hydrogens (tertiary/aromatic N) is 1. The first-order valence-corrected chi connectivity index (χ1v) is 7.18. The Balaban J connectivity index is 2.43. The maximum absolute atomic E-state index is 13.0. The van der Waals surface area contributed by atoms with E-state index in [9.17, 15) is 13.2 Å². The monoisotopic (exact) mass is 428 g/mol. The van der Waals surface area contributed by atoms with E-state index in [-0.39, 0.29) is 16.5 Å². The summed E-state index contributed by atoms with van der Waals surface area (Å²) in [5.74, 6) is 0.279. The van der Waals surface area contributed by atoms with Gasteiger partial charge in [-0.05, 0) is 56.1 Å². The van der Waals surface area contributed by atoms with Gasteiger partial charge >= 0.3 is 6.18 Å². The Labute approximate surface area is 134 Å². The van der Waals surface area contributed by atoms with E-state index in [0.717, 1.165) is 6.07 Å². The van der Waals surface area contributed by atoms with Crippen LogP contribution in [0.25, 0.3) is 0 Å². The zero-order valence-electron chi connectivity index (χ0n) is 9.60. The first kappa shape index (κ1) is 15.6. The van der Waals surface area contributed by atoms with Gasteiger partial charge in [0, 0.05) is 15.7 Å². The van der Waals surface area contributed by atoms with Gasteiger partial charge in [0.1, 0.15) is 5.82 Å². The number of rotatable bonds is 2. The molecule has 0 unspecified atom stereocenters. The Morgan fingerprint density at radius 2 is 1.85 bits per heavy atom. The third-order valence-corrected chi connectivity index (χ3v) is 3.62. The minimum absolute atomic E-state index is 0.0192. The second-order valence-corrected chi connectivity index (χ2v) is 6.00. The molecule has 0 saturated carbocycles. The van der Waals surface area contributed by atoms with Gasteiger partial charge in [0.05, 0.1) is 15.7 Å². The fraction of sp³-hybridized carbons (Fsp3) is 0.0833. The summed E-state index contributed by atoms with van der Waals surface area (Å²) in [7, 11) is 0. The van der Waals surface area contributed by atoms with Crippen molar-refractivity contribution in [1.29, 1.82) is 0 Å². The smallest absolute Gasteiger partial charge is 0.339 e. The summed E-state index contributed by atoms with van der Waals surface area (Å²) in [4.78, 5) is 4.01. The molecule has 0 atom stereocenters. The second-order valence-electron chi connectivity index (χ2n) is 3.80. The van der Waals surface area contributed by atoms with Crippen molar-refractivity contribution in [2.45, 2.75) is 6.18 Å². The van der Waals surface area contributed by atoms with Gasteiger partial charge in [0.25, 0.3) is 0 Å². The van der Waals surface area contributed by atoms with Gasteiger partial charge in [0.15, 0.2) is 0 Å². The SMILES string of the molecule is FC(F)(F)c1cc(Cl)ccc1Nc1ncc(Br)cc1Br. The molecule has 2 nitrogen and oxygen atoms in total. The van der Waals surface area contributed by atoms with Crippen LogP contribution in [0.5, 0.6) is 0 Å². The predicted octanol–water partition coefficient (Wildman–Crippen LogP) is 6.02. The highest BCUT2D eigenvalue weighted by molar-refractivity contribution is 9.11. The Bertz CT molecular complexity index is 647. The number of alkyl halides is 3. The van der Waals surface area contributed by atoms with Gasteiger partial charge in [-0.1, -0.05) is 11.6 Å². The number of halogens is 6. The lowest BCUT2D eigenvalue weighted by Crippen LogP contribution is -2.09. The summed E-state index contributed by atoms with van der Waals surface area (Å²) in [5.41, 5.74) is -0.959. The Morgan fingerprint density at radius 1 is 1.15 bits per heavy atom. The van der Waals surface area contributed by atoms with E-state index in [1.807, 2.05) is 0 Å². The molecular formula is C12H6Br2ClF3N2. The van der Waals surface area contributed by atoms with Crippen LogP contribution in [0.3, 0.4) is 0 Å². The fourth-order valence-electron chi connectivity index (χ4n) is 1.49. The van der Waals surface area contributed by atoms with Crippen molar-refractivity contribution >= 4 is 55.0 Å². The summed E-state index contributed by atoms with van der Waals surface area (Å²) in [6.45, 7) is 0. The third-order valence-electron chi connectivity index (χ3n) is 2.35. The normalized spacial score (nSPS) is 11.5. The van der Waals surface area contributed by atoms with E-state index in [1.54, 1.807) is 6.07 Å². The minimum Gasteiger partial charge on any atom is -0.339 e. The van der Waals surface area contributed by atoms with Gasteiger partial charge in [-0.3, -0.25) is 0 Å². The van der Waals surface area contributed by atoms with Crippen LogP contribution in [0.4, 0.5) is 24.7 Å². The molecule has 1 N–H and O–H groups in total. The summed E-state index contributed by atoms with van der Waals surface area (Å²) in [6, 6.07) is 5.20. The molecule has 8 heteroatoms. The number of benzene rings is 1. The van der Waals surface area contributed by atoms with Crippen LogP contribution in [-0.4, -0.2) is 4.98 Å². The molecule has 1 heterocycles. The molecule has 0 amide bonds. The van der Waals surface area contributed by atoms with E-state index in [0.29, 0.717) is 8.95 Å². The summed E-state index contributed by atoms with van der Waals surface area (Å²) in [5, 5.41) is 2.66. The highest BCUT2D eigenvalue weighted by Gasteiger charge is 2.34. The van der Waals surface area contributed by atoms with E-state index >= 15 is 0 Å². The molecular weight excluding hydrogens is 424 g/mol. The van der Waals surface area contributed by atoms with Gasteiger partial charge in [-0.25, -0.2) is 4.98 Å². The molecule has 0 aliphatic carbocycles. The van der Waals surface area contributed by atoms with Crippen LogP contribution in [0.15, 0.2) is 39.4 Å². The van der Waals surface area contributed by atoms with E-state index < -0.39 is 11.7 Å². The zero-order chi connectivity index (χ0) is 14.9. The molecule has 1 aromatic heterocycles. The molecule has 2 aromatic rings. The molecule has 0 aliphatic rings. The van der Waals surface area contributed by atoms with Crippen LogP contribution in [0.1, 0.15) is 5.56 Å². The molecule has 0 fully saturated rings. The molecule has 1 aromatic carbocycles. The van der Waals surface area contributed by atoms with Crippen molar-refractivity contribution in [3.05, 3.63) is 50.0 Å². The maximum Gasteiger partial charge on any atom is 0.418 e. The van der Waals surface area contributed by atoms with Crippen molar-refractivity contribution in [2.75, 3.05) is 5.32 Å². The number of anilines is 2. The van der Waals surface area contributed by atoms with E-state index in [4.69, 9.17) is 11.6 Å². The summed E-state index contributed by atoms with van der Waals surface area (Å²) in [6.07, 6.45) is -3.02. The fourth-order valence-corrected chi connectivity index (χ4v) is 2.75. The van der Waals surface area contributed by atoms with Crippen molar-refractivity contribution in [3.8, 4) is 0 Å². The topological polar surface area (TPSA) is 24.9 Å². The molecule has 0 radical (unpaired) electrons. The highest BCUT2D eigenvalue weighted by Crippen LogP contribution is 2.38. The van der Waals surface area contributed by atoms with Crippen molar-refractivity contribution in [2.24, 2.45) is 0 Å². The van der Waals surface area contributed by atoms with E-state index in [2.05, 4.69) is 42.2 Å². The molecule has 0 aliphatic heterocycles. The molecule has 0 saturated heterocycles. The largest absolute Gasteiger partial charge is 0.418 e. The van der Waals surface area contributed by atoms with Crippen molar-refractivity contribution in [1.82, 2.24) is 4.98 Å². The average molecular weight is 430 g/mol. The first-order chi connectivity index (χ1) is 9.27. The maximum atomic E-state index is 13.0. The number of pyridine rings is 1. The first-order valence-electron chi connectivity index (χ1n) is 5.22. The van der Waals surface area contributed by atoms with Gasteiger partial charge in [-0.15, -0.1) is 0 Å². The Hall–Kier alpha value is -0.790. The van der Waals surface area contributed by atoms with Crippen LogP contribution in [0.2, 0.25) is 5.02 Å². The average Bonchev–Trinajstić information content (AvgIpc) is 2.33. The van der Waals surface area contributed by atoms with Gasteiger partial charge in [0.2, 0.25) is 0 Å². The summed E-state index contributed by atoms with van der Waals surface area (Å²) >= 11 is 12.1. The molecule has 106 valence electrons. The Kier molecular flexibility index (Phi) is 4.61. The van der Waals surface area contributed by atoms with Crippen LogP contribution in [-0.2, 0) is 6.18 Å². The minimum atomic E-state index is -4.50. The lowest BCUT2D eigenvalue weighted by atomic mass is 10.1. The van der Waals surface area contributed by atoms with Gasteiger partial charge < -0.3 is 5.32 Å². The molecule has 20 heavy (non-hydrogen) atoms. The van der Waals surface area contributed by atoms with Gasteiger partial charge in [-0.2, -0.15) is 13.2 Å². The number of hydrogen-bond donors (Lipinski definition) is 1. The standard InChI is InChI=1S/C12H6Br2ClF3N2/c13-6-3-9(14)11(19-5-6)20-10-2-1-7(15)4-8(10)12(16,17)18/h1-5H,(H,19,20). The lowest BCUT2D eigenvalue weighted by Gasteiger charge is -2.15. The number of aromatic nitrogens is 1. The number of hydrogen-bond acceptors (Lipinski definition) is 2. The predicted molar refractivity (Wildman–Crippen MR) is 79.4 cm³/mol. The van der Waals surface area contributed by atoms with Crippen molar-refractivity contribution in [3.63, 3.8) is 0 Å². The number of nitrogens with one attached hydrogen (secondary N) is 1. The zero-order valence-corrected chi connectivity index (χ0v) is 13.5. The van der Waals surface area contributed by atoms with Crippen LogP contribution < -0.4 is 5.32 Å². The van der Waals surface area contributed by atoms with Crippen molar-refractivity contribution < 1.29 is 13.2 Å². The lowest BCUT2D eigenvalue weighted by molar-refractivity contribution is -0.136. The third kappa shape index (κ3) is 3.65.